The predicted molar refractivity (Wildman–Crippen MR) is 92.5 cm³/mol. The van der Waals surface area contributed by atoms with Gasteiger partial charge < -0.3 is 15.5 Å². The van der Waals surface area contributed by atoms with Crippen LogP contribution in [0.4, 0.5) is 0 Å². The van der Waals surface area contributed by atoms with Gasteiger partial charge in [0.05, 0.1) is 6.10 Å². The Kier molecular flexibility index (Phi) is 7.96. The van der Waals surface area contributed by atoms with Crippen molar-refractivity contribution in [1.29, 1.82) is 0 Å². The Morgan fingerprint density at radius 3 is 2.27 bits per heavy atom. The first kappa shape index (κ1) is 18.5. The summed E-state index contributed by atoms with van der Waals surface area (Å²) in [5.41, 5.74) is 2.15. The highest BCUT2D eigenvalue weighted by Crippen LogP contribution is 2.13. The van der Waals surface area contributed by atoms with Gasteiger partial charge in [-0.05, 0) is 43.0 Å². The fourth-order valence-electron chi connectivity index (χ4n) is 2.25. The molecule has 0 fully saturated rings. The van der Waals surface area contributed by atoms with Crippen LogP contribution in [0.5, 0.6) is 5.75 Å². The summed E-state index contributed by atoms with van der Waals surface area (Å²) < 4.78 is 0. The van der Waals surface area contributed by atoms with Crippen LogP contribution < -0.4 is 5.32 Å². The van der Waals surface area contributed by atoms with Crippen LogP contribution in [0.15, 0.2) is 54.6 Å². The molecular formula is C18H24ClNO2. The minimum atomic E-state index is -0.470. The molecule has 2 atom stereocenters. The van der Waals surface area contributed by atoms with E-state index in [1.54, 1.807) is 12.1 Å². The van der Waals surface area contributed by atoms with E-state index < -0.39 is 6.10 Å². The standard InChI is InChI=1S/C18H23NO2.ClH/c1-14(7-8-15-9-11-17(20)12-10-15)19-13-18(21)16-5-3-2-4-6-16;/h2-6,9-12,14,18-21H,7-8,13H2,1H3;1H/t14-,18?;/m1./s1. The number of phenolic OH excluding ortho intramolecular Hbond substituents is 1. The second-order valence-corrected chi connectivity index (χ2v) is 5.44. The van der Waals surface area contributed by atoms with E-state index >= 15 is 0 Å². The lowest BCUT2D eigenvalue weighted by atomic mass is 10.1. The number of rotatable bonds is 7. The third-order valence-corrected chi connectivity index (χ3v) is 3.65. The molecule has 4 heteroatoms. The van der Waals surface area contributed by atoms with Gasteiger partial charge in [0.25, 0.3) is 0 Å². The molecule has 2 rings (SSSR count). The van der Waals surface area contributed by atoms with Crippen molar-refractivity contribution in [2.24, 2.45) is 0 Å². The van der Waals surface area contributed by atoms with Crippen molar-refractivity contribution in [1.82, 2.24) is 5.32 Å². The molecular weight excluding hydrogens is 298 g/mol. The first-order chi connectivity index (χ1) is 10.1. The van der Waals surface area contributed by atoms with Crippen LogP contribution in [-0.4, -0.2) is 22.8 Å². The molecule has 0 amide bonds. The summed E-state index contributed by atoms with van der Waals surface area (Å²) in [7, 11) is 0. The van der Waals surface area contributed by atoms with Crippen LogP contribution in [0.1, 0.15) is 30.6 Å². The van der Waals surface area contributed by atoms with Gasteiger partial charge >= 0.3 is 0 Å². The zero-order valence-corrected chi connectivity index (χ0v) is 13.6. The van der Waals surface area contributed by atoms with Gasteiger partial charge in [-0.1, -0.05) is 42.5 Å². The third-order valence-electron chi connectivity index (χ3n) is 3.65. The van der Waals surface area contributed by atoms with Crippen LogP contribution in [-0.2, 0) is 6.42 Å². The average Bonchev–Trinajstić information content (AvgIpc) is 2.53. The van der Waals surface area contributed by atoms with Crippen molar-refractivity contribution in [2.75, 3.05) is 6.54 Å². The molecule has 120 valence electrons. The summed E-state index contributed by atoms with van der Waals surface area (Å²) in [4.78, 5) is 0. The Hall–Kier alpha value is -1.55. The molecule has 0 aliphatic rings. The Bertz CT molecular complexity index is 531. The zero-order valence-electron chi connectivity index (χ0n) is 12.8. The maximum Gasteiger partial charge on any atom is 0.115 e. The van der Waals surface area contributed by atoms with E-state index in [1.165, 1.54) is 5.56 Å². The lowest BCUT2D eigenvalue weighted by Gasteiger charge is -2.17. The van der Waals surface area contributed by atoms with Crippen molar-refractivity contribution in [3.63, 3.8) is 0 Å². The molecule has 22 heavy (non-hydrogen) atoms. The fraction of sp³-hybridized carbons (Fsp3) is 0.333. The van der Waals surface area contributed by atoms with Gasteiger partial charge in [0.15, 0.2) is 0 Å². The van der Waals surface area contributed by atoms with E-state index in [9.17, 15) is 10.2 Å². The minimum absolute atomic E-state index is 0. The number of phenols is 1. The molecule has 2 aromatic rings. The molecule has 1 unspecified atom stereocenters. The molecule has 0 saturated carbocycles. The molecule has 0 aliphatic carbocycles. The van der Waals surface area contributed by atoms with Gasteiger partial charge in [-0.15, -0.1) is 12.4 Å². The van der Waals surface area contributed by atoms with Crippen LogP contribution in [0.2, 0.25) is 0 Å². The molecule has 2 aromatic carbocycles. The number of halogens is 1. The van der Waals surface area contributed by atoms with Crippen molar-refractivity contribution in [3.8, 4) is 5.75 Å². The number of aliphatic hydroxyl groups excluding tert-OH is 1. The third kappa shape index (κ3) is 6.06. The average molecular weight is 322 g/mol. The summed E-state index contributed by atoms with van der Waals surface area (Å²) in [6.45, 7) is 2.68. The van der Waals surface area contributed by atoms with Crippen molar-refractivity contribution in [2.45, 2.75) is 31.9 Å². The monoisotopic (exact) mass is 321 g/mol. The van der Waals surface area contributed by atoms with Crippen LogP contribution >= 0.6 is 12.4 Å². The molecule has 0 heterocycles. The number of hydrogen-bond acceptors (Lipinski definition) is 3. The second kappa shape index (κ2) is 9.46. The number of aliphatic hydroxyl groups is 1. The Balaban J connectivity index is 0.00000242. The molecule has 0 bridgehead atoms. The fourth-order valence-corrected chi connectivity index (χ4v) is 2.25. The first-order valence-electron chi connectivity index (χ1n) is 7.39. The van der Waals surface area contributed by atoms with E-state index in [0.29, 0.717) is 18.3 Å². The van der Waals surface area contributed by atoms with E-state index in [-0.39, 0.29) is 12.4 Å². The molecule has 0 spiro atoms. The molecule has 3 N–H and O–H groups in total. The van der Waals surface area contributed by atoms with E-state index in [4.69, 9.17) is 0 Å². The number of benzene rings is 2. The van der Waals surface area contributed by atoms with Gasteiger partial charge in [0, 0.05) is 12.6 Å². The first-order valence-corrected chi connectivity index (χ1v) is 7.39. The quantitative estimate of drug-likeness (QED) is 0.732. The van der Waals surface area contributed by atoms with Crippen LogP contribution in [0, 0.1) is 0 Å². The van der Waals surface area contributed by atoms with E-state index in [2.05, 4.69) is 12.2 Å². The topological polar surface area (TPSA) is 52.5 Å². The van der Waals surface area contributed by atoms with E-state index in [0.717, 1.165) is 18.4 Å². The highest BCUT2D eigenvalue weighted by Gasteiger charge is 2.09. The molecule has 0 radical (unpaired) electrons. The largest absolute Gasteiger partial charge is 0.508 e. The lowest BCUT2D eigenvalue weighted by molar-refractivity contribution is 0.170. The second-order valence-electron chi connectivity index (χ2n) is 5.44. The maximum atomic E-state index is 10.1. The van der Waals surface area contributed by atoms with Gasteiger partial charge in [0.2, 0.25) is 0 Å². The van der Waals surface area contributed by atoms with Crippen molar-refractivity contribution >= 4 is 12.4 Å². The summed E-state index contributed by atoms with van der Waals surface area (Å²) in [6.07, 6.45) is 1.48. The van der Waals surface area contributed by atoms with Gasteiger partial charge in [0.1, 0.15) is 5.75 Å². The van der Waals surface area contributed by atoms with Crippen molar-refractivity contribution < 1.29 is 10.2 Å². The normalized spacial score (nSPS) is 13.2. The number of aromatic hydroxyl groups is 1. The zero-order chi connectivity index (χ0) is 15.1. The van der Waals surface area contributed by atoms with Crippen molar-refractivity contribution in [3.05, 3.63) is 65.7 Å². The maximum absolute atomic E-state index is 10.1. The molecule has 0 aromatic heterocycles. The summed E-state index contributed by atoms with van der Waals surface area (Å²) in [5, 5.41) is 22.7. The molecule has 0 aliphatic heterocycles. The smallest absolute Gasteiger partial charge is 0.115 e. The summed E-state index contributed by atoms with van der Waals surface area (Å²) in [6, 6.07) is 17.3. The Labute approximate surface area is 138 Å². The van der Waals surface area contributed by atoms with Gasteiger partial charge in [-0.25, -0.2) is 0 Å². The minimum Gasteiger partial charge on any atom is -0.508 e. The highest BCUT2D eigenvalue weighted by atomic mass is 35.5. The summed E-state index contributed by atoms with van der Waals surface area (Å²) in [5.74, 6) is 0.302. The SMILES string of the molecule is C[C@H](CCc1ccc(O)cc1)NCC(O)c1ccccc1.Cl. The van der Waals surface area contributed by atoms with E-state index in [1.807, 2.05) is 42.5 Å². The number of hydrogen-bond donors (Lipinski definition) is 3. The predicted octanol–water partition coefficient (Wildman–Crippen LogP) is 3.46. The van der Waals surface area contributed by atoms with Crippen LogP contribution in [0.25, 0.3) is 0 Å². The van der Waals surface area contributed by atoms with Crippen LogP contribution in [0.3, 0.4) is 0 Å². The number of aryl methyl sites for hydroxylation is 1. The lowest BCUT2D eigenvalue weighted by Crippen LogP contribution is -2.30. The summed E-state index contributed by atoms with van der Waals surface area (Å²) >= 11 is 0. The van der Waals surface area contributed by atoms with Gasteiger partial charge in [-0.2, -0.15) is 0 Å². The Morgan fingerprint density at radius 2 is 1.64 bits per heavy atom. The Morgan fingerprint density at radius 1 is 1.00 bits per heavy atom. The highest BCUT2D eigenvalue weighted by molar-refractivity contribution is 5.85. The number of nitrogens with one attached hydrogen (secondary N) is 1. The molecule has 3 nitrogen and oxygen atoms in total. The molecule has 0 saturated heterocycles. The van der Waals surface area contributed by atoms with Gasteiger partial charge in [-0.3, -0.25) is 0 Å².